The Balaban J connectivity index is 1.59. The monoisotopic (exact) mass is 247 g/mol. The van der Waals surface area contributed by atoms with Crippen LogP contribution in [0.5, 0.6) is 0 Å². The molecule has 0 saturated carbocycles. The van der Waals surface area contributed by atoms with Gasteiger partial charge in [-0.25, -0.2) is 4.98 Å². The van der Waals surface area contributed by atoms with Crippen LogP contribution in [0.1, 0.15) is 25.3 Å². The van der Waals surface area contributed by atoms with Gasteiger partial charge in [-0.2, -0.15) is 0 Å². The van der Waals surface area contributed by atoms with Crippen molar-refractivity contribution in [3.63, 3.8) is 0 Å². The minimum absolute atomic E-state index is 0.470. The van der Waals surface area contributed by atoms with Crippen LogP contribution in [0.3, 0.4) is 0 Å². The second-order valence-corrected chi connectivity index (χ2v) is 5.23. The third-order valence-electron chi connectivity index (χ3n) is 3.71. The minimum Gasteiger partial charge on any atom is -0.372 e. The van der Waals surface area contributed by atoms with Crippen molar-refractivity contribution in [2.45, 2.75) is 38.5 Å². The molecule has 2 atom stereocenters. The molecule has 98 valence electrons. The van der Waals surface area contributed by atoms with Crippen molar-refractivity contribution in [1.29, 1.82) is 0 Å². The second kappa shape index (κ2) is 5.24. The van der Waals surface area contributed by atoms with Gasteiger partial charge in [0.2, 0.25) is 0 Å². The highest BCUT2D eigenvalue weighted by molar-refractivity contribution is 5.35. The highest BCUT2D eigenvalue weighted by Crippen LogP contribution is 2.27. The van der Waals surface area contributed by atoms with Crippen LogP contribution in [-0.4, -0.2) is 41.7 Å². The first-order valence-corrected chi connectivity index (χ1v) is 6.90. The Kier molecular flexibility index (Phi) is 3.48. The highest BCUT2D eigenvalue weighted by Gasteiger charge is 2.33. The number of fused-ring (bicyclic) bond motifs is 2. The number of aromatic nitrogens is 1. The summed E-state index contributed by atoms with van der Waals surface area (Å²) in [7, 11) is 0. The molecule has 2 bridgehead atoms. The molecule has 0 aliphatic carbocycles. The predicted octanol–water partition coefficient (Wildman–Crippen LogP) is 1.88. The molecule has 1 aromatic heterocycles. The molecule has 2 aliphatic heterocycles. The molecule has 0 aromatic carbocycles. The van der Waals surface area contributed by atoms with E-state index in [9.17, 15) is 0 Å². The molecule has 3 rings (SSSR count). The molecule has 0 spiro atoms. The summed E-state index contributed by atoms with van der Waals surface area (Å²) < 4.78 is 5.85. The van der Waals surface area contributed by atoms with Gasteiger partial charge in [-0.05, 0) is 31.4 Å². The van der Waals surface area contributed by atoms with Crippen LogP contribution in [0, 0.1) is 0 Å². The van der Waals surface area contributed by atoms with Gasteiger partial charge in [0.05, 0.1) is 12.2 Å². The van der Waals surface area contributed by atoms with E-state index in [1.54, 1.807) is 0 Å². The number of pyridine rings is 1. The molecule has 18 heavy (non-hydrogen) atoms. The highest BCUT2D eigenvalue weighted by atomic mass is 16.5. The molecule has 3 heterocycles. The average Bonchev–Trinajstić information content (AvgIpc) is 2.72. The normalized spacial score (nSPS) is 27.4. The lowest BCUT2D eigenvalue weighted by Crippen LogP contribution is -2.41. The number of ether oxygens (including phenoxy) is 1. The summed E-state index contributed by atoms with van der Waals surface area (Å²) in [5.41, 5.74) is 1.29. The van der Waals surface area contributed by atoms with Gasteiger partial charge in [0, 0.05) is 32.4 Å². The number of nitrogens with one attached hydrogen (secondary N) is 1. The summed E-state index contributed by atoms with van der Waals surface area (Å²) in [5, 5.41) is 3.22. The van der Waals surface area contributed by atoms with Gasteiger partial charge >= 0.3 is 0 Å². The fraction of sp³-hybridized carbons (Fsp3) is 0.643. The molecular weight excluding hydrogens is 226 g/mol. The maximum Gasteiger partial charge on any atom is 0.125 e. The average molecular weight is 247 g/mol. The van der Waals surface area contributed by atoms with Crippen LogP contribution in [0.4, 0.5) is 5.82 Å². The first-order chi connectivity index (χ1) is 8.83. The Hall–Kier alpha value is -1.13. The van der Waals surface area contributed by atoms with Crippen molar-refractivity contribution in [1.82, 2.24) is 9.88 Å². The van der Waals surface area contributed by atoms with E-state index >= 15 is 0 Å². The molecule has 2 unspecified atom stereocenters. The van der Waals surface area contributed by atoms with Crippen molar-refractivity contribution in [2.75, 3.05) is 25.0 Å². The fourth-order valence-corrected chi connectivity index (χ4v) is 2.89. The van der Waals surface area contributed by atoms with Gasteiger partial charge in [-0.3, -0.25) is 4.90 Å². The van der Waals surface area contributed by atoms with E-state index in [0.717, 1.165) is 32.0 Å². The maximum absolute atomic E-state index is 5.85. The van der Waals surface area contributed by atoms with Crippen LogP contribution in [0.2, 0.25) is 0 Å². The lowest BCUT2D eigenvalue weighted by molar-refractivity contribution is -0.0410. The minimum atomic E-state index is 0.470. The molecule has 1 N–H and O–H groups in total. The summed E-state index contributed by atoms with van der Waals surface area (Å²) in [6.45, 7) is 6.14. The van der Waals surface area contributed by atoms with Crippen molar-refractivity contribution in [2.24, 2.45) is 0 Å². The van der Waals surface area contributed by atoms with E-state index in [1.165, 1.54) is 18.4 Å². The molecule has 2 aliphatic rings. The largest absolute Gasteiger partial charge is 0.372 e. The van der Waals surface area contributed by atoms with E-state index in [-0.39, 0.29) is 0 Å². The van der Waals surface area contributed by atoms with E-state index < -0.39 is 0 Å². The fourth-order valence-electron chi connectivity index (χ4n) is 2.89. The van der Waals surface area contributed by atoms with Gasteiger partial charge < -0.3 is 10.1 Å². The lowest BCUT2D eigenvalue weighted by Gasteiger charge is -2.31. The Bertz CT molecular complexity index is 381. The third kappa shape index (κ3) is 2.65. The standard InChI is InChI=1S/C14H21N3O/c1-2-15-14-6-3-11(7-16-14)8-17-9-12-4-5-13(10-17)18-12/h3,6-7,12-13H,2,4-5,8-10H2,1H3,(H,15,16). The topological polar surface area (TPSA) is 37.4 Å². The van der Waals surface area contributed by atoms with E-state index in [2.05, 4.69) is 34.3 Å². The van der Waals surface area contributed by atoms with Crippen molar-refractivity contribution in [3.8, 4) is 0 Å². The summed E-state index contributed by atoms with van der Waals surface area (Å²) in [6.07, 6.45) is 5.39. The zero-order valence-electron chi connectivity index (χ0n) is 10.9. The molecule has 4 nitrogen and oxygen atoms in total. The molecular formula is C14H21N3O. The van der Waals surface area contributed by atoms with E-state index in [0.29, 0.717) is 12.2 Å². The summed E-state index contributed by atoms with van der Waals surface area (Å²) in [6, 6.07) is 4.23. The SMILES string of the molecule is CCNc1ccc(CN2CC3CCC(C2)O3)cn1. The number of likely N-dealkylation sites (tertiary alicyclic amines) is 1. The predicted molar refractivity (Wildman–Crippen MR) is 71.6 cm³/mol. The third-order valence-corrected chi connectivity index (χ3v) is 3.71. The van der Waals surface area contributed by atoms with Gasteiger partial charge in [-0.1, -0.05) is 6.07 Å². The van der Waals surface area contributed by atoms with Crippen molar-refractivity contribution in [3.05, 3.63) is 23.9 Å². The first kappa shape index (κ1) is 11.9. The summed E-state index contributed by atoms with van der Waals surface area (Å²) >= 11 is 0. The Morgan fingerprint density at radius 2 is 2.11 bits per heavy atom. The van der Waals surface area contributed by atoms with E-state index in [1.807, 2.05) is 6.20 Å². The molecule has 4 heteroatoms. The summed E-state index contributed by atoms with van der Waals surface area (Å²) in [5.74, 6) is 0.961. The molecule has 2 saturated heterocycles. The lowest BCUT2D eigenvalue weighted by atomic mass is 10.2. The van der Waals surface area contributed by atoms with Crippen LogP contribution < -0.4 is 5.32 Å². The van der Waals surface area contributed by atoms with Crippen molar-refractivity contribution >= 4 is 5.82 Å². The Morgan fingerprint density at radius 3 is 2.72 bits per heavy atom. The van der Waals surface area contributed by atoms with Crippen LogP contribution in [0.25, 0.3) is 0 Å². The Morgan fingerprint density at radius 1 is 1.33 bits per heavy atom. The molecule has 0 amide bonds. The van der Waals surface area contributed by atoms with Gasteiger partial charge in [0.1, 0.15) is 5.82 Å². The molecule has 0 radical (unpaired) electrons. The number of morpholine rings is 1. The molecule has 1 aromatic rings. The second-order valence-electron chi connectivity index (χ2n) is 5.23. The molecule has 2 fully saturated rings. The van der Waals surface area contributed by atoms with Crippen LogP contribution >= 0.6 is 0 Å². The van der Waals surface area contributed by atoms with Crippen LogP contribution in [0.15, 0.2) is 18.3 Å². The number of anilines is 1. The number of hydrogen-bond donors (Lipinski definition) is 1. The number of hydrogen-bond acceptors (Lipinski definition) is 4. The quantitative estimate of drug-likeness (QED) is 0.881. The Labute approximate surface area is 108 Å². The van der Waals surface area contributed by atoms with Crippen molar-refractivity contribution < 1.29 is 4.74 Å². The first-order valence-electron chi connectivity index (χ1n) is 6.90. The van der Waals surface area contributed by atoms with Gasteiger partial charge in [0.25, 0.3) is 0 Å². The number of nitrogens with zero attached hydrogens (tertiary/aromatic N) is 2. The van der Waals surface area contributed by atoms with Crippen LogP contribution in [-0.2, 0) is 11.3 Å². The maximum atomic E-state index is 5.85. The zero-order chi connectivity index (χ0) is 12.4. The summed E-state index contributed by atoms with van der Waals surface area (Å²) in [4.78, 5) is 6.91. The smallest absolute Gasteiger partial charge is 0.125 e. The zero-order valence-corrected chi connectivity index (χ0v) is 10.9. The van der Waals surface area contributed by atoms with E-state index in [4.69, 9.17) is 4.74 Å². The van der Waals surface area contributed by atoms with Gasteiger partial charge in [0.15, 0.2) is 0 Å². The van der Waals surface area contributed by atoms with Gasteiger partial charge in [-0.15, -0.1) is 0 Å². The number of rotatable bonds is 4.